The predicted octanol–water partition coefficient (Wildman–Crippen LogP) is 3.11. The predicted molar refractivity (Wildman–Crippen MR) is 71.7 cm³/mol. The molecule has 0 bridgehead atoms. The van der Waals surface area contributed by atoms with Gasteiger partial charge in [0.25, 0.3) is 0 Å². The summed E-state index contributed by atoms with van der Waals surface area (Å²) < 4.78 is 11.8. The largest absolute Gasteiger partial charge is 0.496 e. The fourth-order valence-corrected chi connectivity index (χ4v) is 3.48. The van der Waals surface area contributed by atoms with Crippen LogP contribution in [-0.4, -0.2) is 14.2 Å². The number of rotatable bonds is 3. The minimum Gasteiger partial charge on any atom is -0.496 e. The standard InChI is InChI=1S/C13H18BrNO2/c1-8-7-9(16-2)10(11(14)12(8)17-3)13(15)5-4-6-13/h7H,4-6,15H2,1-3H3. The van der Waals surface area contributed by atoms with Gasteiger partial charge in [-0.2, -0.15) is 0 Å². The molecule has 2 rings (SSSR count). The molecule has 1 aliphatic rings. The lowest BCUT2D eigenvalue weighted by atomic mass is 9.72. The van der Waals surface area contributed by atoms with Crippen LogP contribution < -0.4 is 15.2 Å². The van der Waals surface area contributed by atoms with Crippen molar-refractivity contribution in [2.45, 2.75) is 31.7 Å². The monoisotopic (exact) mass is 299 g/mol. The Bertz CT molecular complexity index is 442. The Hall–Kier alpha value is -0.740. The van der Waals surface area contributed by atoms with Crippen molar-refractivity contribution in [1.29, 1.82) is 0 Å². The molecule has 94 valence electrons. The van der Waals surface area contributed by atoms with E-state index >= 15 is 0 Å². The number of nitrogens with two attached hydrogens (primary N) is 1. The van der Waals surface area contributed by atoms with E-state index in [4.69, 9.17) is 15.2 Å². The van der Waals surface area contributed by atoms with Crippen molar-refractivity contribution in [1.82, 2.24) is 0 Å². The Labute approximate surface area is 110 Å². The molecule has 2 N–H and O–H groups in total. The molecule has 1 aromatic carbocycles. The van der Waals surface area contributed by atoms with Crippen LogP contribution in [0.4, 0.5) is 0 Å². The van der Waals surface area contributed by atoms with Crippen molar-refractivity contribution < 1.29 is 9.47 Å². The number of halogens is 1. The van der Waals surface area contributed by atoms with Crippen molar-refractivity contribution in [3.8, 4) is 11.5 Å². The maximum absolute atomic E-state index is 6.41. The van der Waals surface area contributed by atoms with Gasteiger partial charge in [-0.25, -0.2) is 0 Å². The maximum Gasteiger partial charge on any atom is 0.136 e. The number of aryl methyl sites for hydroxylation is 1. The summed E-state index contributed by atoms with van der Waals surface area (Å²) >= 11 is 3.61. The van der Waals surface area contributed by atoms with Gasteiger partial charge in [-0.3, -0.25) is 0 Å². The van der Waals surface area contributed by atoms with Crippen LogP contribution in [0, 0.1) is 6.92 Å². The Morgan fingerprint density at radius 3 is 2.35 bits per heavy atom. The summed E-state index contributed by atoms with van der Waals surface area (Å²) in [6, 6.07) is 1.99. The van der Waals surface area contributed by atoms with Gasteiger partial charge in [-0.05, 0) is 53.7 Å². The third-order valence-electron chi connectivity index (χ3n) is 3.54. The normalized spacial score (nSPS) is 17.5. The van der Waals surface area contributed by atoms with E-state index in [0.717, 1.165) is 39.9 Å². The Balaban J connectivity index is 2.63. The zero-order valence-corrected chi connectivity index (χ0v) is 12.1. The molecule has 0 spiro atoms. The Morgan fingerprint density at radius 2 is 1.94 bits per heavy atom. The first-order valence-electron chi connectivity index (χ1n) is 5.74. The minimum absolute atomic E-state index is 0.273. The van der Waals surface area contributed by atoms with E-state index in [1.807, 2.05) is 13.0 Å². The number of benzene rings is 1. The van der Waals surface area contributed by atoms with Crippen molar-refractivity contribution in [3.63, 3.8) is 0 Å². The molecule has 0 heterocycles. The van der Waals surface area contributed by atoms with Gasteiger partial charge in [0.2, 0.25) is 0 Å². The fourth-order valence-electron chi connectivity index (χ4n) is 2.41. The van der Waals surface area contributed by atoms with Crippen LogP contribution in [0.1, 0.15) is 30.4 Å². The van der Waals surface area contributed by atoms with Crippen LogP contribution in [-0.2, 0) is 5.54 Å². The minimum atomic E-state index is -0.273. The summed E-state index contributed by atoms with van der Waals surface area (Å²) in [5, 5.41) is 0. The highest BCUT2D eigenvalue weighted by molar-refractivity contribution is 9.10. The van der Waals surface area contributed by atoms with E-state index in [-0.39, 0.29) is 5.54 Å². The Kier molecular flexibility index (Phi) is 3.36. The smallest absolute Gasteiger partial charge is 0.136 e. The number of methoxy groups -OCH3 is 2. The highest BCUT2D eigenvalue weighted by Gasteiger charge is 2.39. The van der Waals surface area contributed by atoms with Crippen LogP contribution in [0.3, 0.4) is 0 Å². The van der Waals surface area contributed by atoms with Crippen LogP contribution in [0.2, 0.25) is 0 Å². The molecule has 0 saturated heterocycles. The zero-order valence-electron chi connectivity index (χ0n) is 10.5. The molecule has 3 nitrogen and oxygen atoms in total. The second-order valence-electron chi connectivity index (χ2n) is 4.63. The molecule has 0 aromatic heterocycles. The topological polar surface area (TPSA) is 44.5 Å². The molecule has 0 unspecified atom stereocenters. The van der Waals surface area contributed by atoms with Crippen LogP contribution in [0.15, 0.2) is 10.5 Å². The van der Waals surface area contributed by atoms with Gasteiger partial charge < -0.3 is 15.2 Å². The van der Waals surface area contributed by atoms with Crippen LogP contribution in [0.25, 0.3) is 0 Å². The van der Waals surface area contributed by atoms with Crippen LogP contribution in [0.5, 0.6) is 11.5 Å². The highest BCUT2D eigenvalue weighted by atomic mass is 79.9. The lowest BCUT2D eigenvalue weighted by Crippen LogP contribution is -2.44. The molecule has 0 amide bonds. The Morgan fingerprint density at radius 1 is 1.29 bits per heavy atom. The van der Waals surface area contributed by atoms with Crippen molar-refractivity contribution >= 4 is 15.9 Å². The summed E-state index contributed by atoms with van der Waals surface area (Å²) in [5.41, 5.74) is 8.22. The molecular weight excluding hydrogens is 282 g/mol. The van der Waals surface area contributed by atoms with Gasteiger partial charge in [0.15, 0.2) is 0 Å². The lowest BCUT2D eigenvalue weighted by molar-refractivity contribution is 0.241. The highest BCUT2D eigenvalue weighted by Crippen LogP contribution is 2.49. The number of hydrogen-bond donors (Lipinski definition) is 1. The van der Waals surface area contributed by atoms with Gasteiger partial charge in [-0.15, -0.1) is 0 Å². The third-order valence-corrected chi connectivity index (χ3v) is 4.30. The number of hydrogen-bond acceptors (Lipinski definition) is 3. The molecule has 17 heavy (non-hydrogen) atoms. The average molecular weight is 300 g/mol. The zero-order chi connectivity index (χ0) is 12.6. The average Bonchev–Trinajstić information content (AvgIpc) is 2.26. The molecule has 0 aliphatic heterocycles. The van der Waals surface area contributed by atoms with Gasteiger partial charge in [-0.1, -0.05) is 0 Å². The van der Waals surface area contributed by atoms with E-state index in [9.17, 15) is 0 Å². The van der Waals surface area contributed by atoms with Crippen LogP contribution >= 0.6 is 15.9 Å². The number of ether oxygens (including phenoxy) is 2. The van der Waals surface area contributed by atoms with Gasteiger partial charge in [0, 0.05) is 11.1 Å². The lowest BCUT2D eigenvalue weighted by Gasteiger charge is -2.40. The van der Waals surface area contributed by atoms with E-state index in [1.54, 1.807) is 14.2 Å². The van der Waals surface area contributed by atoms with E-state index in [0.29, 0.717) is 0 Å². The van der Waals surface area contributed by atoms with Gasteiger partial charge in [0.05, 0.1) is 18.7 Å². The SMILES string of the molecule is COc1cc(C)c(OC)c(Br)c1C1(N)CCC1. The van der Waals surface area contributed by atoms with Gasteiger partial charge >= 0.3 is 0 Å². The molecule has 1 aromatic rings. The quantitative estimate of drug-likeness (QED) is 0.933. The summed E-state index contributed by atoms with van der Waals surface area (Å²) in [6.07, 6.45) is 3.16. The second kappa shape index (κ2) is 4.50. The first kappa shape index (κ1) is 12.7. The first-order valence-corrected chi connectivity index (χ1v) is 6.53. The first-order chi connectivity index (χ1) is 8.03. The second-order valence-corrected chi connectivity index (χ2v) is 5.42. The molecular formula is C13H18BrNO2. The fraction of sp³-hybridized carbons (Fsp3) is 0.538. The van der Waals surface area contributed by atoms with Gasteiger partial charge in [0.1, 0.15) is 11.5 Å². The molecule has 1 aliphatic carbocycles. The van der Waals surface area contributed by atoms with E-state index in [1.165, 1.54) is 6.42 Å². The third kappa shape index (κ3) is 1.93. The molecule has 1 saturated carbocycles. The summed E-state index contributed by atoms with van der Waals surface area (Å²) in [5.74, 6) is 1.69. The maximum atomic E-state index is 6.41. The summed E-state index contributed by atoms with van der Waals surface area (Å²) in [7, 11) is 3.35. The molecule has 0 atom stereocenters. The molecule has 4 heteroatoms. The van der Waals surface area contributed by atoms with E-state index in [2.05, 4.69) is 15.9 Å². The van der Waals surface area contributed by atoms with E-state index < -0.39 is 0 Å². The summed E-state index contributed by atoms with van der Waals surface area (Å²) in [6.45, 7) is 2.00. The molecule has 0 radical (unpaired) electrons. The molecule has 1 fully saturated rings. The van der Waals surface area contributed by atoms with Crippen molar-refractivity contribution in [2.75, 3.05) is 14.2 Å². The van der Waals surface area contributed by atoms with Crippen molar-refractivity contribution in [2.24, 2.45) is 5.73 Å². The van der Waals surface area contributed by atoms with Crippen molar-refractivity contribution in [3.05, 3.63) is 21.7 Å². The summed E-state index contributed by atoms with van der Waals surface area (Å²) in [4.78, 5) is 0.